The van der Waals surface area contributed by atoms with Crippen molar-refractivity contribution in [1.29, 1.82) is 0 Å². The van der Waals surface area contributed by atoms with E-state index in [0.717, 1.165) is 6.92 Å². The summed E-state index contributed by atoms with van der Waals surface area (Å²) in [4.78, 5) is 30.9. The SMILES string of the molecule is Cc1ccc(NS(=O)(=O)C(C)(COC(=O)C(F)(F)F)C(N)=O)cc1-c1cnc2c(N)ncnn12. The molecular weight excluding hydrogens is 483 g/mol. The van der Waals surface area contributed by atoms with Crippen LogP contribution in [0.3, 0.4) is 0 Å². The zero-order chi connectivity index (χ0) is 25.5. The van der Waals surface area contributed by atoms with Crippen LogP contribution in [-0.2, 0) is 24.3 Å². The lowest BCUT2D eigenvalue weighted by Gasteiger charge is -2.26. The second-order valence-corrected chi connectivity index (χ2v) is 9.44. The number of nitrogens with one attached hydrogen (secondary N) is 1. The number of primary amides is 1. The molecule has 2 aromatic heterocycles. The summed E-state index contributed by atoms with van der Waals surface area (Å²) in [6.07, 6.45) is -2.75. The molecule has 1 unspecified atom stereocenters. The van der Waals surface area contributed by atoms with E-state index in [9.17, 15) is 31.2 Å². The third kappa shape index (κ3) is 4.43. The number of carbonyl (C=O) groups is 2. The highest BCUT2D eigenvalue weighted by molar-refractivity contribution is 7.94. The Morgan fingerprint density at radius 1 is 1.24 bits per heavy atom. The number of carbonyl (C=O) groups excluding carboxylic acids is 2. The Morgan fingerprint density at radius 2 is 1.91 bits per heavy atom. The molecule has 0 aliphatic rings. The maximum Gasteiger partial charge on any atom is 0.490 e. The summed E-state index contributed by atoms with van der Waals surface area (Å²) in [6.45, 7) is 1.00. The van der Waals surface area contributed by atoms with Crippen molar-refractivity contribution in [2.24, 2.45) is 5.73 Å². The molecule has 2 heterocycles. The Balaban J connectivity index is 1.97. The quantitative estimate of drug-likeness (QED) is 0.393. The van der Waals surface area contributed by atoms with Gasteiger partial charge in [-0.25, -0.2) is 27.7 Å². The number of nitrogen functional groups attached to an aromatic ring is 1. The van der Waals surface area contributed by atoms with Gasteiger partial charge in [0.25, 0.3) is 10.0 Å². The van der Waals surface area contributed by atoms with Gasteiger partial charge in [0.1, 0.15) is 12.9 Å². The van der Waals surface area contributed by atoms with E-state index in [0.29, 0.717) is 16.8 Å². The van der Waals surface area contributed by atoms with Crippen LogP contribution < -0.4 is 16.2 Å². The standard InChI is InChI=1S/C18H18F3N7O5S/c1-9-3-4-10(5-11(9)12-6-24-14-13(22)25-8-26-28(12)14)27-34(31,32)17(2,15(23)29)7-33-16(30)18(19,20)21/h3-6,8,27H,7H2,1-2H3,(H2,23,29)(H2,22,25,26). The first-order valence-corrected chi connectivity index (χ1v) is 10.8. The molecule has 0 aliphatic carbocycles. The third-order valence-electron chi connectivity index (χ3n) is 4.92. The summed E-state index contributed by atoms with van der Waals surface area (Å²) < 4.78 is 67.9. The molecule has 0 bridgehead atoms. The second kappa shape index (κ2) is 8.44. The van der Waals surface area contributed by atoms with Crippen LogP contribution in [0.4, 0.5) is 24.7 Å². The van der Waals surface area contributed by atoms with Crippen LogP contribution in [0.1, 0.15) is 12.5 Å². The molecule has 0 spiro atoms. The molecule has 3 aromatic rings. The molecule has 1 aromatic carbocycles. The number of halogens is 3. The van der Waals surface area contributed by atoms with Gasteiger partial charge in [0, 0.05) is 11.3 Å². The zero-order valence-electron chi connectivity index (χ0n) is 17.6. The number of esters is 1. The summed E-state index contributed by atoms with van der Waals surface area (Å²) in [7, 11) is -4.80. The molecule has 3 rings (SSSR count). The van der Waals surface area contributed by atoms with E-state index in [4.69, 9.17) is 11.5 Å². The third-order valence-corrected chi connectivity index (χ3v) is 6.93. The molecule has 0 fully saturated rings. The summed E-state index contributed by atoms with van der Waals surface area (Å²) in [5.74, 6) is -4.08. The van der Waals surface area contributed by atoms with E-state index in [2.05, 4.69) is 24.5 Å². The smallest absolute Gasteiger partial charge is 0.457 e. The van der Waals surface area contributed by atoms with Crippen LogP contribution in [-0.4, -0.2) is 57.4 Å². The number of ether oxygens (including phenoxy) is 1. The number of fused-ring (bicyclic) bond motifs is 1. The number of nitrogens with zero attached hydrogens (tertiary/aromatic N) is 4. The number of alkyl halides is 3. The van der Waals surface area contributed by atoms with Gasteiger partial charge in [-0.2, -0.15) is 18.3 Å². The minimum atomic E-state index is -5.39. The number of imidazole rings is 1. The van der Waals surface area contributed by atoms with Crippen molar-refractivity contribution < 1.29 is 35.9 Å². The van der Waals surface area contributed by atoms with Crippen LogP contribution in [0.15, 0.2) is 30.7 Å². The van der Waals surface area contributed by atoms with Gasteiger partial charge in [0.05, 0.1) is 11.9 Å². The van der Waals surface area contributed by atoms with Gasteiger partial charge in [-0.15, -0.1) is 0 Å². The molecular formula is C18H18F3N7O5S. The molecule has 1 atom stereocenters. The van der Waals surface area contributed by atoms with E-state index < -0.39 is 39.4 Å². The number of rotatable bonds is 7. The Bertz CT molecular complexity index is 1390. The molecule has 0 saturated heterocycles. The molecule has 12 nitrogen and oxygen atoms in total. The molecule has 34 heavy (non-hydrogen) atoms. The van der Waals surface area contributed by atoms with Crippen LogP contribution in [0.25, 0.3) is 16.9 Å². The normalized spacial score (nSPS) is 13.9. The molecule has 5 N–H and O–H groups in total. The fraction of sp³-hybridized carbons (Fsp3) is 0.278. The maximum absolute atomic E-state index is 12.9. The minimum Gasteiger partial charge on any atom is -0.457 e. The Labute approximate surface area is 190 Å². The van der Waals surface area contributed by atoms with Gasteiger partial charge in [-0.05, 0) is 31.5 Å². The average Bonchev–Trinajstić information content (AvgIpc) is 3.17. The predicted molar refractivity (Wildman–Crippen MR) is 113 cm³/mol. The minimum absolute atomic E-state index is 0.0628. The first kappa shape index (κ1) is 24.7. The number of aromatic nitrogens is 4. The van der Waals surface area contributed by atoms with Crippen LogP contribution in [0.2, 0.25) is 0 Å². The van der Waals surface area contributed by atoms with E-state index >= 15 is 0 Å². The van der Waals surface area contributed by atoms with Gasteiger partial charge in [0.2, 0.25) is 5.91 Å². The number of hydrogen-bond acceptors (Lipinski definition) is 9. The van der Waals surface area contributed by atoms with E-state index in [1.807, 2.05) is 0 Å². The van der Waals surface area contributed by atoms with E-state index in [-0.39, 0.29) is 17.2 Å². The van der Waals surface area contributed by atoms with Gasteiger partial charge in [0.15, 0.2) is 16.2 Å². The number of anilines is 2. The Morgan fingerprint density at radius 3 is 2.53 bits per heavy atom. The van der Waals surface area contributed by atoms with Gasteiger partial charge in [-0.1, -0.05) is 6.07 Å². The Kier molecular flexibility index (Phi) is 6.13. The molecule has 1 amide bonds. The molecule has 0 radical (unpaired) electrons. The fourth-order valence-electron chi connectivity index (χ4n) is 2.81. The molecule has 0 saturated carbocycles. The lowest BCUT2D eigenvalue weighted by Crippen LogP contribution is -2.54. The highest BCUT2D eigenvalue weighted by atomic mass is 32.2. The first-order valence-electron chi connectivity index (χ1n) is 9.29. The maximum atomic E-state index is 12.9. The van der Waals surface area contributed by atoms with Gasteiger partial charge >= 0.3 is 12.1 Å². The van der Waals surface area contributed by atoms with Crippen molar-refractivity contribution in [1.82, 2.24) is 19.6 Å². The lowest BCUT2D eigenvalue weighted by molar-refractivity contribution is -0.200. The van der Waals surface area contributed by atoms with Gasteiger partial charge in [-0.3, -0.25) is 9.52 Å². The summed E-state index contributed by atoms with van der Waals surface area (Å²) >= 11 is 0. The van der Waals surface area contributed by atoms with Gasteiger partial charge < -0.3 is 16.2 Å². The monoisotopic (exact) mass is 501 g/mol. The number of amides is 1. The average molecular weight is 501 g/mol. The second-order valence-electron chi connectivity index (χ2n) is 7.33. The predicted octanol–water partition coefficient (Wildman–Crippen LogP) is 0.773. The summed E-state index contributed by atoms with van der Waals surface area (Å²) in [5, 5.41) is 4.07. The number of sulfonamides is 1. The van der Waals surface area contributed by atoms with E-state index in [1.165, 1.54) is 29.2 Å². The van der Waals surface area contributed by atoms with Crippen molar-refractivity contribution in [3.8, 4) is 11.3 Å². The number of nitrogens with two attached hydrogens (primary N) is 2. The summed E-state index contributed by atoms with van der Waals surface area (Å²) in [5.41, 5.74) is 12.7. The van der Waals surface area contributed by atoms with Crippen LogP contribution in [0, 0.1) is 6.92 Å². The van der Waals surface area contributed by atoms with Crippen molar-refractivity contribution in [3.05, 3.63) is 36.3 Å². The number of benzene rings is 1. The van der Waals surface area contributed by atoms with Crippen LogP contribution in [0.5, 0.6) is 0 Å². The highest BCUT2D eigenvalue weighted by Crippen LogP contribution is 2.30. The zero-order valence-corrected chi connectivity index (χ0v) is 18.4. The highest BCUT2D eigenvalue weighted by Gasteiger charge is 2.49. The van der Waals surface area contributed by atoms with Crippen LogP contribution >= 0.6 is 0 Å². The van der Waals surface area contributed by atoms with Crippen molar-refractivity contribution in [2.45, 2.75) is 24.8 Å². The molecule has 0 aliphatic heterocycles. The number of hydrogen-bond donors (Lipinski definition) is 3. The lowest BCUT2D eigenvalue weighted by atomic mass is 10.1. The summed E-state index contributed by atoms with van der Waals surface area (Å²) in [6, 6.07) is 4.28. The molecule has 16 heteroatoms. The van der Waals surface area contributed by atoms with Crippen molar-refractivity contribution in [3.63, 3.8) is 0 Å². The first-order chi connectivity index (χ1) is 15.7. The van der Waals surface area contributed by atoms with Crippen molar-refractivity contribution in [2.75, 3.05) is 17.1 Å². The van der Waals surface area contributed by atoms with Crippen molar-refractivity contribution >= 4 is 39.1 Å². The number of aryl methyl sites for hydroxylation is 1. The fourth-order valence-corrected chi connectivity index (χ4v) is 3.96. The largest absolute Gasteiger partial charge is 0.490 e. The topological polar surface area (TPSA) is 185 Å². The Hall–Kier alpha value is -3.95. The van der Waals surface area contributed by atoms with E-state index in [1.54, 1.807) is 13.0 Å². The molecule has 182 valence electrons.